The normalized spacial score (nSPS) is 10.5. The van der Waals surface area contributed by atoms with Gasteiger partial charge in [-0.15, -0.1) is 5.11 Å². The summed E-state index contributed by atoms with van der Waals surface area (Å²) in [5, 5.41) is 6.82. The molecular weight excluding hydrogens is 222 g/mol. The summed E-state index contributed by atoms with van der Waals surface area (Å²) in [5.74, 6) is 5.60. The fourth-order valence-electron chi connectivity index (χ4n) is 0.777. The molecular formula is C7H8BrN3O. The third-order valence-corrected chi connectivity index (χ3v) is 1.96. The monoisotopic (exact) mass is 229 g/mol. The number of methoxy groups -OCH3 is 1. The standard InChI is InChI=1S/C7H8BrN3O/c1-12-7-4-5(10-11-9)2-3-6(7)8/h2-4H,1H3,(H2,9,10). The van der Waals surface area contributed by atoms with E-state index < -0.39 is 0 Å². The number of benzene rings is 1. The Morgan fingerprint density at radius 1 is 1.50 bits per heavy atom. The van der Waals surface area contributed by atoms with Crippen LogP contribution >= 0.6 is 15.9 Å². The Hall–Kier alpha value is -1.10. The highest BCUT2D eigenvalue weighted by molar-refractivity contribution is 9.10. The van der Waals surface area contributed by atoms with Crippen molar-refractivity contribution >= 4 is 21.6 Å². The van der Waals surface area contributed by atoms with Gasteiger partial charge in [-0.2, -0.15) is 0 Å². The molecule has 1 rings (SSSR count). The van der Waals surface area contributed by atoms with Crippen LogP contribution in [0.15, 0.2) is 33.0 Å². The van der Waals surface area contributed by atoms with Crippen molar-refractivity contribution in [2.45, 2.75) is 0 Å². The summed E-state index contributed by atoms with van der Waals surface area (Å²) in [5.41, 5.74) is 0.664. The van der Waals surface area contributed by atoms with Crippen LogP contribution in [-0.4, -0.2) is 7.11 Å². The van der Waals surface area contributed by atoms with Crippen molar-refractivity contribution in [3.63, 3.8) is 0 Å². The summed E-state index contributed by atoms with van der Waals surface area (Å²) in [6, 6.07) is 5.34. The van der Waals surface area contributed by atoms with Gasteiger partial charge in [-0.1, -0.05) is 5.22 Å². The molecule has 2 N–H and O–H groups in total. The first-order valence-electron chi connectivity index (χ1n) is 3.22. The van der Waals surface area contributed by atoms with E-state index in [1.54, 1.807) is 19.2 Å². The zero-order chi connectivity index (χ0) is 8.97. The minimum Gasteiger partial charge on any atom is -0.495 e. The molecule has 0 aliphatic heterocycles. The number of hydrogen-bond donors (Lipinski definition) is 1. The van der Waals surface area contributed by atoms with Crippen molar-refractivity contribution in [2.75, 3.05) is 7.11 Å². The highest BCUT2D eigenvalue weighted by Crippen LogP contribution is 2.28. The summed E-state index contributed by atoms with van der Waals surface area (Å²) >= 11 is 3.31. The molecule has 64 valence electrons. The predicted molar refractivity (Wildman–Crippen MR) is 49.4 cm³/mol. The average Bonchev–Trinajstić information content (AvgIpc) is 2.09. The van der Waals surface area contributed by atoms with Crippen molar-refractivity contribution in [2.24, 2.45) is 16.2 Å². The molecule has 1 aromatic carbocycles. The fourth-order valence-corrected chi connectivity index (χ4v) is 1.19. The Labute approximate surface area is 78.5 Å². The SMILES string of the molecule is COc1cc(N=NN)ccc1Br. The molecule has 12 heavy (non-hydrogen) atoms. The minimum absolute atomic E-state index is 0.664. The van der Waals surface area contributed by atoms with Crippen LogP contribution in [0.1, 0.15) is 0 Å². The van der Waals surface area contributed by atoms with Crippen LogP contribution in [0.4, 0.5) is 5.69 Å². The maximum absolute atomic E-state index is 5.04. The molecule has 4 nitrogen and oxygen atoms in total. The van der Waals surface area contributed by atoms with Crippen LogP contribution in [0.3, 0.4) is 0 Å². The highest BCUT2D eigenvalue weighted by Gasteiger charge is 1.99. The van der Waals surface area contributed by atoms with Gasteiger partial charge in [0.05, 0.1) is 17.3 Å². The van der Waals surface area contributed by atoms with Crippen molar-refractivity contribution in [1.82, 2.24) is 0 Å². The Balaban J connectivity index is 3.05. The molecule has 0 aliphatic rings. The van der Waals surface area contributed by atoms with Crippen molar-refractivity contribution < 1.29 is 4.74 Å². The Morgan fingerprint density at radius 3 is 2.83 bits per heavy atom. The second kappa shape index (κ2) is 4.06. The van der Waals surface area contributed by atoms with Gasteiger partial charge in [-0.3, -0.25) is 0 Å². The summed E-state index contributed by atoms with van der Waals surface area (Å²) in [6.45, 7) is 0. The first kappa shape index (κ1) is 8.99. The third-order valence-electron chi connectivity index (χ3n) is 1.31. The van der Waals surface area contributed by atoms with Gasteiger partial charge in [-0.05, 0) is 28.1 Å². The number of hydrogen-bond acceptors (Lipinski definition) is 3. The van der Waals surface area contributed by atoms with E-state index in [9.17, 15) is 0 Å². The summed E-state index contributed by atoms with van der Waals surface area (Å²) in [6.07, 6.45) is 0. The first-order chi connectivity index (χ1) is 5.77. The molecule has 5 heteroatoms. The van der Waals surface area contributed by atoms with Gasteiger partial charge in [0.25, 0.3) is 0 Å². The smallest absolute Gasteiger partial charge is 0.135 e. The Kier molecular flexibility index (Phi) is 3.04. The van der Waals surface area contributed by atoms with Gasteiger partial charge >= 0.3 is 0 Å². The highest BCUT2D eigenvalue weighted by atomic mass is 79.9. The molecule has 0 atom stereocenters. The molecule has 0 unspecified atom stereocenters. The molecule has 0 aliphatic carbocycles. The van der Waals surface area contributed by atoms with Gasteiger partial charge in [-0.25, -0.2) is 0 Å². The average molecular weight is 230 g/mol. The maximum Gasteiger partial charge on any atom is 0.135 e. The predicted octanol–water partition coefficient (Wildman–Crippen LogP) is 2.42. The second-order valence-electron chi connectivity index (χ2n) is 2.03. The molecule has 0 spiro atoms. The van der Waals surface area contributed by atoms with Gasteiger partial charge in [0.2, 0.25) is 0 Å². The lowest BCUT2D eigenvalue weighted by Gasteiger charge is -2.02. The van der Waals surface area contributed by atoms with Crippen LogP contribution in [0.25, 0.3) is 0 Å². The summed E-state index contributed by atoms with van der Waals surface area (Å²) < 4.78 is 5.92. The fraction of sp³-hybridized carbons (Fsp3) is 0.143. The van der Waals surface area contributed by atoms with Crippen molar-refractivity contribution in [3.05, 3.63) is 22.7 Å². The van der Waals surface area contributed by atoms with E-state index in [-0.39, 0.29) is 0 Å². The van der Waals surface area contributed by atoms with E-state index >= 15 is 0 Å². The minimum atomic E-state index is 0.664. The van der Waals surface area contributed by atoms with E-state index in [1.165, 1.54) is 0 Å². The largest absolute Gasteiger partial charge is 0.495 e. The van der Waals surface area contributed by atoms with Crippen molar-refractivity contribution in [1.29, 1.82) is 0 Å². The van der Waals surface area contributed by atoms with Gasteiger partial charge in [0.15, 0.2) is 0 Å². The lowest BCUT2D eigenvalue weighted by Crippen LogP contribution is -1.83. The first-order valence-corrected chi connectivity index (χ1v) is 4.01. The van der Waals surface area contributed by atoms with Crippen molar-refractivity contribution in [3.8, 4) is 5.75 Å². The number of rotatable bonds is 2. The molecule has 0 radical (unpaired) electrons. The van der Waals surface area contributed by atoms with E-state index in [2.05, 4.69) is 26.3 Å². The molecule has 0 aromatic heterocycles. The number of halogens is 1. The number of nitrogens with two attached hydrogens (primary N) is 1. The Bertz CT molecular complexity index is 301. The third kappa shape index (κ3) is 1.94. The van der Waals surface area contributed by atoms with Gasteiger partial charge in [0.1, 0.15) is 5.75 Å². The zero-order valence-corrected chi connectivity index (χ0v) is 8.08. The molecule has 0 saturated heterocycles. The molecule has 0 heterocycles. The molecule has 1 aromatic rings. The topological polar surface area (TPSA) is 60.0 Å². The number of ether oxygens (including phenoxy) is 1. The maximum atomic E-state index is 5.04. The van der Waals surface area contributed by atoms with E-state index in [0.717, 1.165) is 4.47 Å². The molecule has 0 bridgehead atoms. The van der Waals surface area contributed by atoms with E-state index in [0.29, 0.717) is 11.4 Å². The molecule has 0 saturated carbocycles. The van der Waals surface area contributed by atoms with Crippen LogP contribution < -0.4 is 10.6 Å². The summed E-state index contributed by atoms with van der Waals surface area (Å²) in [7, 11) is 1.59. The van der Waals surface area contributed by atoms with E-state index in [1.807, 2.05) is 6.07 Å². The molecule has 0 amide bonds. The van der Waals surface area contributed by atoms with Gasteiger partial charge in [0, 0.05) is 6.07 Å². The molecule has 0 fully saturated rings. The van der Waals surface area contributed by atoms with Crippen LogP contribution in [0.5, 0.6) is 5.75 Å². The lowest BCUT2D eigenvalue weighted by atomic mass is 10.3. The van der Waals surface area contributed by atoms with Gasteiger partial charge < -0.3 is 10.6 Å². The quantitative estimate of drug-likeness (QED) is 0.481. The Morgan fingerprint density at radius 2 is 2.25 bits per heavy atom. The zero-order valence-electron chi connectivity index (χ0n) is 6.49. The van der Waals surface area contributed by atoms with Crippen LogP contribution in [-0.2, 0) is 0 Å². The number of nitrogens with zero attached hydrogens (tertiary/aromatic N) is 2. The van der Waals surface area contributed by atoms with Crippen LogP contribution in [0.2, 0.25) is 0 Å². The van der Waals surface area contributed by atoms with E-state index in [4.69, 9.17) is 10.6 Å². The second-order valence-corrected chi connectivity index (χ2v) is 2.89. The summed E-state index contributed by atoms with van der Waals surface area (Å²) in [4.78, 5) is 0. The van der Waals surface area contributed by atoms with Crippen LogP contribution in [0, 0.1) is 0 Å². The lowest BCUT2D eigenvalue weighted by molar-refractivity contribution is 0.412.